The van der Waals surface area contributed by atoms with Gasteiger partial charge >= 0.3 is 17.9 Å². The standard InChI is InChI=1S/C25H39N7O12/c26-12(3-9-19(35)36)21(39)29-13(4-7-17(27)33)22(40)30-14(5-8-18(28)34)24(42)32-11-1-2-16(32)23(41)31-15(25(43)44)6-10-20(37)38/h12-16H,1-11,26H2,(H2,27,33)(H2,28,34)(H,29,39)(H,30,40)(H,31,41)(H,35,36)(H,37,38)(H,43,44)/t12-,13-,14-,15-,16-/m0/s1. The molecule has 0 aliphatic carbocycles. The Bertz CT molecular complexity index is 1130. The molecular formula is C25H39N7O12. The van der Waals surface area contributed by atoms with Gasteiger partial charge in [-0.1, -0.05) is 0 Å². The molecule has 0 unspecified atom stereocenters. The molecule has 0 aromatic carbocycles. The number of carbonyl (C=O) groups is 9. The van der Waals surface area contributed by atoms with Crippen LogP contribution in [-0.2, 0) is 43.2 Å². The van der Waals surface area contributed by atoms with E-state index in [-0.39, 0.29) is 45.1 Å². The summed E-state index contributed by atoms with van der Waals surface area (Å²) in [5.74, 6) is -9.18. The first-order valence-electron chi connectivity index (χ1n) is 13.7. The molecule has 12 N–H and O–H groups in total. The number of nitrogens with one attached hydrogen (secondary N) is 3. The van der Waals surface area contributed by atoms with Gasteiger partial charge in [-0.15, -0.1) is 0 Å². The van der Waals surface area contributed by atoms with Gasteiger partial charge in [0.2, 0.25) is 35.4 Å². The lowest BCUT2D eigenvalue weighted by Gasteiger charge is -2.30. The van der Waals surface area contributed by atoms with Gasteiger partial charge in [-0.25, -0.2) is 4.79 Å². The summed E-state index contributed by atoms with van der Waals surface area (Å²) < 4.78 is 0. The summed E-state index contributed by atoms with van der Waals surface area (Å²) in [6.07, 6.45) is -2.61. The first-order valence-corrected chi connectivity index (χ1v) is 13.7. The van der Waals surface area contributed by atoms with E-state index >= 15 is 0 Å². The lowest BCUT2D eigenvalue weighted by molar-refractivity contribution is -0.145. The van der Waals surface area contributed by atoms with Crippen LogP contribution in [0.3, 0.4) is 0 Å². The van der Waals surface area contributed by atoms with Crippen LogP contribution in [0, 0.1) is 0 Å². The average molecular weight is 630 g/mol. The zero-order chi connectivity index (χ0) is 33.6. The van der Waals surface area contributed by atoms with Crippen LogP contribution in [0.4, 0.5) is 0 Å². The van der Waals surface area contributed by atoms with E-state index in [2.05, 4.69) is 16.0 Å². The van der Waals surface area contributed by atoms with Crippen molar-refractivity contribution in [2.45, 2.75) is 94.4 Å². The summed E-state index contributed by atoms with van der Waals surface area (Å²) >= 11 is 0. The summed E-state index contributed by atoms with van der Waals surface area (Å²) in [6.45, 7) is 0.0208. The zero-order valence-corrected chi connectivity index (χ0v) is 23.9. The quantitative estimate of drug-likeness (QED) is 0.0622. The molecule has 1 fully saturated rings. The smallest absolute Gasteiger partial charge is 0.326 e. The van der Waals surface area contributed by atoms with Crippen molar-refractivity contribution in [3.63, 3.8) is 0 Å². The van der Waals surface area contributed by atoms with Gasteiger partial charge in [0.1, 0.15) is 24.2 Å². The number of amides is 6. The van der Waals surface area contributed by atoms with Crippen molar-refractivity contribution in [3.05, 3.63) is 0 Å². The molecule has 0 spiro atoms. The predicted molar refractivity (Wildman–Crippen MR) is 147 cm³/mol. The van der Waals surface area contributed by atoms with Gasteiger partial charge in [-0.3, -0.25) is 38.4 Å². The van der Waals surface area contributed by atoms with Crippen molar-refractivity contribution in [2.24, 2.45) is 17.2 Å². The number of carboxylic acid groups (broad SMARTS) is 3. The van der Waals surface area contributed by atoms with Gasteiger partial charge in [0.05, 0.1) is 6.04 Å². The summed E-state index contributed by atoms with van der Waals surface area (Å²) in [7, 11) is 0. The molecule has 1 aliphatic rings. The Morgan fingerprint density at radius 1 is 0.682 bits per heavy atom. The van der Waals surface area contributed by atoms with Crippen molar-refractivity contribution in [2.75, 3.05) is 6.54 Å². The molecular weight excluding hydrogens is 590 g/mol. The zero-order valence-electron chi connectivity index (χ0n) is 23.9. The minimum Gasteiger partial charge on any atom is -0.481 e. The van der Waals surface area contributed by atoms with Crippen LogP contribution in [0.1, 0.15) is 64.2 Å². The highest BCUT2D eigenvalue weighted by atomic mass is 16.4. The molecule has 0 aromatic heterocycles. The second-order valence-electron chi connectivity index (χ2n) is 10.2. The van der Waals surface area contributed by atoms with E-state index in [4.69, 9.17) is 27.4 Å². The molecule has 19 heteroatoms. The molecule has 0 aromatic rings. The Kier molecular flexibility index (Phi) is 15.2. The molecule has 19 nitrogen and oxygen atoms in total. The molecule has 0 radical (unpaired) electrons. The SMILES string of the molecule is NC(=O)CC[C@H](NC(=O)[C@@H](N)CCC(=O)O)C(=O)N[C@@H](CCC(N)=O)C(=O)N1CCC[C@H]1C(=O)N[C@@H](CCC(=O)O)C(=O)O. The van der Waals surface area contributed by atoms with E-state index < -0.39 is 103 Å². The summed E-state index contributed by atoms with van der Waals surface area (Å²) in [4.78, 5) is 109. The normalized spacial score (nSPS) is 16.9. The van der Waals surface area contributed by atoms with Gasteiger partial charge < -0.3 is 53.4 Å². The fourth-order valence-corrected chi connectivity index (χ4v) is 4.36. The fraction of sp³-hybridized carbons (Fsp3) is 0.640. The number of likely N-dealkylation sites (tertiary alicyclic amines) is 1. The van der Waals surface area contributed by atoms with Crippen LogP contribution >= 0.6 is 0 Å². The number of aliphatic carboxylic acids is 3. The maximum Gasteiger partial charge on any atom is 0.326 e. The topological polar surface area (TPSA) is 332 Å². The molecule has 246 valence electrons. The summed E-state index contributed by atoms with van der Waals surface area (Å²) in [5.41, 5.74) is 16.1. The van der Waals surface area contributed by atoms with Crippen LogP contribution in [-0.4, -0.2) is 110 Å². The van der Waals surface area contributed by atoms with Crippen molar-refractivity contribution in [3.8, 4) is 0 Å². The average Bonchev–Trinajstić information content (AvgIpc) is 3.43. The van der Waals surface area contributed by atoms with Crippen LogP contribution in [0.25, 0.3) is 0 Å². The van der Waals surface area contributed by atoms with E-state index in [9.17, 15) is 48.3 Å². The maximum absolute atomic E-state index is 13.6. The van der Waals surface area contributed by atoms with Crippen LogP contribution in [0.15, 0.2) is 0 Å². The maximum atomic E-state index is 13.6. The van der Waals surface area contributed by atoms with Crippen molar-refractivity contribution >= 4 is 53.4 Å². The summed E-state index contributed by atoms with van der Waals surface area (Å²) in [5, 5.41) is 33.9. The summed E-state index contributed by atoms with van der Waals surface area (Å²) in [6, 6.07) is -6.97. The number of hydrogen-bond acceptors (Lipinski definition) is 10. The fourth-order valence-electron chi connectivity index (χ4n) is 4.36. The molecule has 44 heavy (non-hydrogen) atoms. The molecule has 1 heterocycles. The highest BCUT2D eigenvalue weighted by Gasteiger charge is 2.39. The third kappa shape index (κ3) is 13.0. The number of rotatable bonds is 20. The minimum absolute atomic E-state index is 0.0208. The van der Waals surface area contributed by atoms with E-state index in [1.165, 1.54) is 0 Å². The number of nitrogens with zero attached hydrogens (tertiary/aromatic N) is 1. The Labute approximate surface area is 251 Å². The third-order valence-electron chi connectivity index (χ3n) is 6.71. The van der Waals surface area contributed by atoms with Gasteiger partial charge in [0.25, 0.3) is 0 Å². The largest absolute Gasteiger partial charge is 0.481 e. The van der Waals surface area contributed by atoms with Crippen LogP contribution in [0.5, 0.6) is 0 Å². The molecule has 0 saturated carbocycles. The van der Waals surface area contributed by atoms with E-state index in [0.717, 1.165) is 4.90 Å². The predicted octanol–water partition coefficient (Wildman–Crippen LogP) is -3.90. The van der Waals surface area contributed by atoms with Crippen molar-refractivity contribution in [1.82, 2.24) is 20.9 Å². The number of carboxylic acids is 3. The third-order valence-corrected chi connectivity index (χ3v) is 6.71. The first kappa shape index (κ1) is 37.2. The molecule has 1 saturated heterocycles. The van der Waals surface area contributed by atoms with Gasteiger partial charge in [0.15, 0.2) is 0 Å². The Hall–Kier alpha value is -4.81. The number of hydrogen-bond donors (Lipinski definition) is 9. The van der Waals surface area contributed by atoms with E-state index in [1.54, 1.807) is 0 Å². The van der Waals surface area contributed by atoms with E-state index in [1.807, 2.05) is 0 Å². The van der Waals surface area contributed by atoms with Gasteiger partial charge in [-0.05, 0) is 38.5 Å². The molecule has 1 aliphatic heterocycles. The molecule has 6 amide bonds. The Morgan fingerprint density at radius 3 is 1.70 bits per heavy atom. The lowest BCUT2D eigenvalue weighted by atomic mass is 10.0. The van der Waals surface area contributed by atoms with Crippen molar-refractivity contribution in [1.29, 1.82) is 0 Å². The Balaban J connectivity index is 3.14. The monoisotopic (exact) mass is 629 g/mol. The number of primary amides is 2. The highest BCUT2D eigenvalue weighted by Crippen LogP contribution is 2.20. The van der Waals surface area contributed by atoms with Gasteiger partial charge in [0, 0.05) is 32.2 Å². The second-order valence-corrected chi connectivity index (χ2v) is 10.2. The lowest BCUT2D eigenvalue weighted by Crippen LogP contribution is -2.58. The van der Waals surface area contributed by atoms with Crippen LogP contribution < -0.4 is 33.2 Å². The minimum atomic E-state index is -1.54. The van der Waals surface area contributed by atoms with E-state index in [0.29, 0.717) is 6.42 Å². The Morgan fingerprint density at radius 2 is 1.18 bits per heavy atom. The number of carbonyl (C=O) groups excluding carboxylic acids is 6. The molecule has 1 rings (SSSR count). The highest BCUT2D eigenvalue weighted by molar-refractivity contribution is 5.96. The van der Waals surface area contributed by atoms with Gasteiger partial charge in [-0.2, -0.15) is 0 Å². The van der Waals surface area contributed by atoms with Crippen LogP contribution in [0.2, 0.25) is 0 Å². The molecule has 5 atom stereocenters. The second kappa shape index (κ2) is 18.0. The van der Waals surface area contributed by atoms with Crippen molar-refractivity contribution < 1.29 is 58.5 Å². The molecule has 0 bridgehead atoms. The first-order chi connectivity index (χ1) is 20.5. The number of nitrogens with two attached hydrogens (primary N) is 3.